The van der Waals surface area contributed by atoms with Crippen LogP contribution < -0.4 is 5.32 Å². The number of anilines is 1. The van der Waals surface area contributed by atoms with E-state index in [9.17, 15) is 9.59 Å². The predicted octanol–water partition coefficient (Wildman–Crippen LogP) is 6.89. The summed E-state index contributed by atoms with van der Waals surface area (Å²) in [5.74, 6) is -0.0461. The number of benzene rings is 1. The lowest BCUT2D eigenvalue weighted by Crippen LogP contribution is -2.17. The highest BCUT2D eigenvalue weighted by Gasteiger charge is 2.29. The molecule has 1 amide bonds. The van der Waals surface area contributed by atoms with Crippen LogP contribution in [-0.2, 0) is 17.6 Å². The summed E-state index contributed by atoms with van der Waals surface area (Å²) in [7, 11) is 0. The van der Waals surface area contributed by atoms with E-state index < -0.39 is 0 Å². The fourth-order valence-corrected chi connectivity index (χ4v) is 6.71. The molecule has 4 aromatic rings. The van der Waals surface area contributed by atoms with Crippen LogP contribution in [0.25, 0.3) is 21.5 Å². The fraction of sp³-hybridized carbons (Fsp3) is 0.296. The van der Waals surface area contributed by atoms with Gasteiger partial charge in [0.15, 0.2) is 0 Å². The fourth-order valence-electron chi connectivity index (χ4n) is 4.49. The lowest BCUT2D eigenvalue weighted by molar-refractivity contribution is 0.0526. The van der Waals surface area contributed by atoms with Crippen molar-refractivity contribution in [1.29, 1.82) is 0 Å². The number of hydrogen-bond acceptors (Lipinski definition) is 6. The molecule has 0 spiro atoms. The zero-order valence-electron chi connectivity index (χ0n) is 19.4. The Balaban J connectivity index is 1.57. The van der Waals surface area contributed by atoms with E-state index in [-0.39, 0.29) is 11.9 Å². The molecule has 0 aliphatic heterocycles. The molecule has 0 radical (unpaired) electrons. The third kappa shape index (κ3) is 4.26. The molecule has 34 heavy (non-hydrogen) atoms. The van der Waals surface area contributed by atoms with E-state index in [0.29, 0.717) is 28.7 Å². The number of hydrogen-bond donors (Lipinski definition) is 1. The minimum absolute atomic E-state index is 0.245. The van der Waals surface area contributed by atoms with Gasteiger partial charge < -0.3 is 10.1 Å². The number of carbonyl (C=O) groups is 2. The number of nitrogens with one attached hydrogen (secondary N) is 1. The van der Waals surface area contributed by atoms with Gasteiger partial charge in [-0.1, -0.05) is 25.1 Å². The molecule has 174 valence electrons. The van der Waals surface area contributed by atoms with Gasteiger partial charge in [0.1, 0.15) is 5.00 Å². The first-order valence-corrected chi connectivity index (χ1v) is 13.2. The third-order valence-corrected chi connectivity index (χ3v) is 8.36. The summed E-state index contributed by atoms with van der Waals surface area (Å²) in [6.07, 6.45) is 2.78. The predicted molar refractivity (Wildman–Crippen MR) is 139 cm³/mol. The number of para-hydroxylation sites is 1. The lowest BCUT2D eigenvalue weighted by atomic mass is 9.88. The molecule has 1 atom stereocenters. The van der Waals surface area contributed by atoms with Crippen LogP contribution in [-0.4, -0.2) is 23.5 Å². The normalized spacial score (nSPS) is 15.2. The van der Waals surface area contributed by atoms with Gasteiger partial charge in [-0.15, -0.1) is 22.7 Å². The molecule has 5 rings (SSSR count). The molecular formula is C27H26N2O3S2. The highest BCUT2D eigenvalue weighted by molar-refractivity contribution is 7.17. The van der Waals surface area contributed by atoms with E-state index in [2.05, 4.69) is 25.2 Å². The molecule has 1 aromatic carbocycles. The van der Waals surface area contributed by atoms with Crippen LogP contribution in [0.1, 0.15) is 56.3 Å². The van der Waals surface area contributed by atoms with Crippen molar-refractivity contribution < 1.29 is 14.3 Å². The average Bonchev–Trinajstić information content (AvgIpc) is 3.41. The zero-order valence-corrected chi connectivity index (χ0v) is 21.1. The molecule has 0 bridgehead atoms. The standard InChI is InChI=1S/C27H26N2O3S2/c1-4-32-27(31)24-18-11-9-15(2)13-23(18)34-26(24)29-25(30)19-14-21(22-12-10-16(3)33-22)28-20-8-6-5-7-17(19)20/h5-8,10,12,14-15H,4,9,11,13H2,1-3H3,(H,29,30). The Morgan fingerprint density at radius 2 is 2.00 bits per heavy atom. The maximum atomic E-state index is 13.6. The lowest BCUT2D eigenvalue weighted by Gasteiger charge is -2.18. The summed E-state index contributed by atoms with van der Waals surface area (Å²) < 4.78 is 5.36. The van der Waals surface area contributed by atoms with Gasteiger partial charge in [0.2, 0.25) is 0 Å². The number of carbonyl (C=O) groups excluding carboxylic acids is 2. The molecule has 1 unspecified atom stereocenters. The highest BCUT2D eigenvalue weighted by Crippen LogP contribution is 2.40. The summed E-state index contributed by atoms with van der Waals surface area (Å²) in [5, 5.41) is 4.43. The van der Waals surface area contributed by atoms with Crippen molar-refractivity contribution >= 4 is 50.5 Å². The topological polar surface area (TPSA) is 68.3 Å². The van der Waals surface area contributed by atoms with Crippen molar-refractivity contribution in [3.63, 3.8) is 0 Å². The molecule has 0 saturated carbocycles. The zero-order chi connectivity index (χ0) is 23.8. The number of amides is 1. The van der Waals surface area contributed by atoms with Gasteiger partial charge >= 0.3 is 5.97 Å². The minimum atomic E-state index is -0.362. The van der Waals surface area contributed by atoms with Gasteiger partial charge in [0.25, 0.3) is 5.91 Å². The molecule has 1 aliphatic rings. The van der Waals surface area contributed by atoms with Crippen molar-refractivity contribution in [3.05, 3.63) is 68.9 Å². The summed E-state index contributed by atoms with van der Waals surface area (Å²) in [5.41, 5.74) is 3.63. The van der Waals surface area contributed by atoms with Crippen molar-refractivity contribution in [1.82, 2.24) is 4.98 Å². The second kappa shape index (κ2) is 9.31. The van der Waals surface area contributed by atoms with Gasteiger partial charge in [0, 0.05) is 15.1 Å². The van der Waals surface area contributed by atoms with E-state index in [0.717, 1.165) is 46.3 Å². The molecule has 3 aromatic heterocycles. The maximum Gasteiger partial charge on any atom is 0.341 e. The van der Waals surface area contributed by atoms with Crippen molar-refractivity contribution in [2.45, 2.75) is 40.0 Å². The molecular weight excluding hydrogens is 464 g/mol. The van der Waals surface area contributed by atoms with Crippen LogP contribution in [0.15, 0.2) is 42.5 Å². The number of nitrogens with zero attached hydrogens (tertiary/aromatic N) is 1. The van der Waals surface area contributed by atoms with Crippen LogP contribution in [0.4, 0.5) is 5.00 Å². The van der Waals surface area contributed by atoms with E-state index >= 15 is 0 Å². The van der Waals surface area contributed by atoms with Gasteiger partial charge in [-0.25, -0.2) is 9.78 Å². The first kappa shape index (κ1) is 22.7. The second-order valence-electron chi connectivity index (χ2n) is 8.71. The average molecular weight is 491 g/mol. The van der Waals surface area contributed by atoms with Crippen LogP contribution in [0, 0.1) is 12.8 Å². The molecule has 5 nitrogen and oxygen atoms in total. The Labute approximate surface area is 206 Å². The highest BCUT2D eigenvalue weighted by atomic mass is 32.1. The molecule has 0 saturated heterocycles. The first-order valence-electron chi connectivity index (χ1n) is 11.5. The van der Waals surface area contributed by atoms with Gasteiger partial charge in [-0.2, -0.15) is 0 Å². The number of pyridine rings is 1. The van der Waals surface area contributed by atoms with Crippen LogP contribution >= 0.6 is 22.7 Å². The first-order chi connectivity index (χ1) is 16.4. The Bertz CT molecular complexity index is 1400. The second-order valence-corrected chi connectivity index (χ2v) is 11.1. The number of fused-ring (bicyclic) bond motifs is 2. The Hall–Kier alpha value is -3.03. The van der Waals surface area contributed by atoms with Crippen LogP contribution in [0.2, 0.25) is 0 Å². The van der Waals surface area contributed by atoms with Crippen LogP contribution in [0.5, 0.6) is 0 Å². The molecule has 1 N–H and O–H groups in total. The van der Waals surface area contributed by atoms with E-state index in [1.807, 2.05) is 36.4 Å². The van der Waals surface area contributed by atoms with E-state index in [1.54, 1.807) is 18.3 Å². The van der Waals surface area contributed by atoms with E-state index in [1.165, 1.54) is 21.1 Å². The van der Waals surface area contributed by atoms with Gasteiger partial charge in [-0.3, -0.25) is 4.79 Å². The molecule has 1 aliphatic carbocycles. The Kier molecular flexibility index (Phi) is 6.23. The monoisotopic (exact) mass is 490 g/mol. The van der Waals surface area contributed by atoms with Crippen LogP contribution in [0.3, 0.4) is 0 Å². The summed E-state index contributed by atoms with van der Waals surface area (Å²) >= 11 is 3.16. The van der Waals surface area contributed by atoms with Crippen molar-refractivity contribution in [3.8, 4) is 10.6 Å². The van der Waals surface area contributed by atoms with Crippen molar-refractivity contribution in [2.24, 2.45) is 5.92 Å². The van der Waals surface area contributed by atoms with Gasteiger partial charge in [0.05, 0.1) is 33.8 Å². The number of thiophene rings is 2. The number of aryl methyl sites for hydroxylation is 1. The number of esters is 1. The largest absolute Gasteiger partial charge is 0.462 e. The molecule has 7 heteroatoms. The number of ether oxygens (including phenoxy) is 1. The minimum Gasteiger partial charge on any atom is -0.462 e. The van der Waals surface area contributed by atoms with Gasteiger partial charge in [-0.05, 0) is 68.9 Å². The summed E-state index contributed by atoms with van der Waals surface area (Å²) in [6.45, 7) is 6.38. The summed E-state index contributed by atoms with van der Waals surface area (Å²) in [4.78, 5) is 34.7. The number of aromatic nitrogens is 1. The Morgan fingerprint density at radius 3 is 2.76 bits per heavy atom. The smallest absolute Gasteiger partial charge is 0.341 e. The number of rotatable bonds is 5. The molecule has 3 heterocycles. The summed E-state index contributed by atoms with van der Waals surface area (Å²) in [6, 6.07) is 13.6. The quantitative estimate of drug-likeness (QED) is 0.309. The molecule has 0 fully saturated rings. The van der Waals surface area contributed by atoms with Crippen molar-refractivity contribution in [2.75, 3.05) is 11.9 Å². The Morgan fingerprint density at radius 1 is 1.18 bits per heavy atom. The SMILES string of the molecule is CCOC(=O)c1c(NC(=O)c2cc(-c3ccc(C)s3)nc3ccccc23)sc2c1CCC(C)C2. The maximum absolute atomic E-state index is 13.6. The van der Waals surface area contributed by atoms with E-state index in [4.69, 9.17) is 9.72 Å². The third-order valence-electron chi connectivity index (χ3n) is 6.17.